The quantitative estimate of drug-likeness (QED) is 0.868. The van der Waals surface area contributed by atoms with Crippen molar-refractivity contribution >= 4 is 27.4 Å². The highest BCUT2D eigenvalue weighted by Gasteiger charge is 2.19. The third-order valence-corrected chi connectivity index (χ3v) is 3.47. The van der Waals surface area contributed by atoms with Crippen LogP contribution >= 0.6 is 15.9 Å². The van der Waals surface area contributed by atoms with Gasteiger partial charge in [0.2, 0.25) is 0 Å². The predicted octanol–water partition coefficient (Wildman–Crippen LogP) is 1.64. The second kappa shape index (κ2) is 4.03. The number of anilines is 2. The third-order valence-electron chi connectivity index (χ3n) is 2.89. The number of imidazole rings is 1. The van der Waals surface area contributed by atoms with Crippen molar-refractivity contribution < 1.29 is 0 Å². The minimum Gasteiger partial charge on any atom is -0.397 e. The van der Waals surface area contributed by atoms with Gasteiger partial charge in [-0.2, -0.15) is 0 Å². The van der Waals surface area contributed by atoms with E-state index in [2.05, 4.69) is 35.4 Å². The van der Waals surface area contributed by atoms with Gasteiger partial charge in [-0.25, -0.2) is 9.97 Å². The largest absolute Gasteiger partial charge is 0.397 e. The maximum atomic E-state index is 5.69. The number of rotatable bonds is 1. The maximum Gasteiger partial charge on any atom is 0.143 e. The van der Waals surface area contributed by atoms with Crippen molar-refractivity contribution in [3.8, 4) is 0 Å². The molecular weight excluding hydrogens is 282 g/mol. The number of aromatic nitrogens is 3. The SMILES string of the molecule is Nc1cnc(N2CCn3ccnc3C2)c(Br)c1. The van der Waals surface area contributed by atoms with Crippen LogP contribution in [0.5, 0.6) is 0 Å². The molecule has 3 rings (SSSR count). The molecule has 0 saturated heterocycles. The van der Waals surface area contributed by atoms with E-state index in [0.29, 0.717) is 5.69 Å². The molecule has 2 aromatic heterocycles. The van der Waals surface area contributed by atoms with Gasteiger partial charge in [0.05, 0.1) is 22.9 Å². The topological polar surface area (TPSA) is 60.0 Å². The first-order valence-corrected chi connectivity index (χ1v) is 6.19. The van der Waals surface area contributed by atoms with Crippen LogP contribution in [0.25, 0.3) is 0 Å². The van der Waals surface area contributed by atoms with E-state index in [1.54, 1.807) is 6.20 Å². The normalized spacial score (nSPS) is 14.8. The maximum absolute atomic E-state index is 5.69. The molecule has 0 unspecified atom stereocenters. The van der Waals surface area contributed by atoms with Gasteiger partial charge in [-0.1, -0.05) is 0 Å². The van der Waals surface area contributed by atoms with Crippen LogP contribution in [-0.2, 0) is 13.1 Å². The van der Waals surface area contributed by atoms with Crippen molar-refractivity contribution in [2.24, 2.45) is 0 Å². The average molecular weight is 294 g/mol. The number of pyridine rings is 1. The highest BCUT2D eigenvalue weighted by molar-refractivity contribution is 9.10. The third kappa shape index (κ3) is 1.88. The van der Waals surface area contributed by atoms with Gasteiger partial charge >= 0.3 is 0 Å². The van der Waals surface area contributed by atoms with Gasteiger partial charge in [0.15, 0.2) is 0 Å². The Morgan fingerprint density at radius 1 is 1.29 bits per heavy atom. The minimum absolute atomic E-state index is 0.666. The summed E-state index contributed by atoms with van der Waals surface area (Å²) in [6.45, 7) is 2.65. The predicted molar refractivity (Wildman–Crippen MR) is 69.6 cm³/mol. The first-order valence-electron chi connectivity index (χ1n) is 5.40. The minimum atomic E-state index is 0.666. The van der Waals surface area contributed by atoms with Gasteiger partial charge in [0.25, 0.3) is 0 Å². The van der Waals surface area contributed by atoms with E-state index in [9.17, 15) is 0 Å². The van der Waals surface area contributed by atoms with Crippen LogP contribution in [0.4, 0.5) is 11.5 Å². The lowest BCUT2D eigenvalue weighted by Gasteiger charge is -2.29. The molecule has 88 valence electrons. The van der Waals surface area contributed by atoms with E-state index in [4.69, 9.17) is 5.73 Å². The molecule has 0 aromatic carbocycles. The molecule has 1 aliphatic heterocycles. The van der Waals surface area contributed by atoms with Gasteiger partial charge in [0, 0.05) is 25.5 Å². The molecule has 6 heteroatoms. The summed E-state index contributed by atoms with van der Waals surface area (Å²) < 4.78 is 3.10. The molecule has 17 heavy (non-hydrogen) atoms. The lowest BCUT2D eigenvalue weighted by atomic mass is 10.3. The molecule has 0 aliphatic carbocycles. The Bertz CT molecular complexity index is 551. The molecule has 0 spiro atoms. The lowest BCUT2D eigenvalue weighted by Crippen LogP contribution is -2.34. The van der Waals surface area contributed by atoms with E-state index in [0.717, 1.165) is 35.7 Å². The van der Waals surface area contributed by atoms with Crippen LogP contribution in [0.15, 0.2) is 29.1 Å². The van der Waals surface area contributed by atoms with Crippen LogP contribution in [0.2, 0.25) is 0 Å². The summed E-state index contributed by atoms with van der Waals surface area (Å²) >= 11 is 3.50. The highest BCUT2D eigenvalue weighted by Crippen LogP contribution is 2.27. The van der Waals surface area contributed by atoms with Crippen molar-refractivity contribution in [3.63, 3.8) is 0 Å². The van der Waals surface area contributed by atoms with Crippen molar-refractivity contribution in [2.75, 3.05) is 17.2 Å². The highest BCUT2D eigenvalue weighted by atomic mass is 79.9. The van der Waals surface area contributed by atoms with Crippen molar-refractivity contribution in [1.82, 2.24) is 14.5 Å². The average Bonchev–Trinajstić information content (AvgIpc) is 2.75. The summed E-state index contributed by atoms with van der Waals surface area (Å²) in [5.74, 6) is 2.00. The second-order valence-corrected chi connectivity index (χ2v) is 4.89. The summed E-state index contributed by atoms with van der Waals surface area (Å²) in [6.07, 6.45) is 5.53. The molecule has 0 amide bonds. The van der Waals surface area contributed by atoms with E-state index >= 15 is 0 Å². The summed E-state index contributed by atoms with van der Waals surface area (Å²) in [6, 6.07) is 1.88. The van der Waals surface area contributed by atoms with Crippen molar-refractivity contribution in [2.45, 2.75) is 13.1 Å². The Morgan fingerprint density at radius 2 is 2.18 bits per heavy atom. The van der Waals surface area contributed by atoms with E-state index in [1.165, 1.54) is 0 Å². The molecule has 3 heterocycles. The number of hydrogen-bond acceptors (Lipinski definition) is 4. The van der Waals surface area contributed by atoms with Crippen molar-refractivity contribution in [3.05, 3.63) is 35.0 Å². The lowest BCUT2D eigenvalue weighted by molar-refractivity contribution is 0.555. The van der Waals surface area contributed by atoms with Gasteiger partial charge in [-0.05, 0) is 22.0 Å². The molecule has 2 aromatic rings. The zero-order chi connectivity index (χ0) is 11.8. The first kappa shape index (κ1) is 10.6. The van der Waals surface area contributed by atoms with E-state index in [-0.39, 0.29) is 0 Å². The molecule has 0 radical (unpaired) electrons. The zero-order valence-electron chi connectivity index (χ0n) is 9.17. The molecule has 0 atom stereocenters. The smallest absolute Gasteiger partial charge is 0.143 e. The van der Waals surface area contributed by atoms with Gasteiger partial charge in [-0.3, -0.25) is 0 Å². The number of nitrogens with two attached hydrogens (primary N) is 1. The number of halogens is 1. The molecule has 0 fully saturated rings. The van der Waals surface area contributed by atoms with Gasteiger partial charge in [-0.15, -0.1) is 0 Å². The summed E-state index contributed by atoms with van der Waals surface area (Å²) in [5.41, 5.74) is 6.36. The Hall–Kier alpha value is -1.56. The Morgan fingerprint density at radius 3 is 3.00 bits per heavy atom. The van der Waals surface area contributed by atoms with Crippen LogP contribution < -0.4 is 10.6 Å². The Labute approximate surface area is 107 Å². The fourth-order valence-electron chi connectivity index (χ4n) is 2.03. The van der Waals surface area contributed by atoms with Gasteiger partial charge < -0.3 is 15.2 Å². The molecule has 0 saturated carbocycles. The molecule has 5 nitrogen and oxygen atoms in total. The summed E-state index contributed by atoms with van der Waals surface area (Å²) in [5, 5.41) is 0. The standard InChI is InChI=1S/C11H12BrN5/c12-9-5-8(13)6-15-11(9)17-4-3-16-2-1-14-10(16)7-17/h1-2,5-6H,3-4,7,13H2. The van der Waals surface area contributed by atoms with Gasteiger partial charge in [0.1, 0.15) is 11.6 Å². The van der Waals surface area contributed by atoms with Crippen LogP contribution in [0, 0.1) is 0 Å². The number of nitrogen functional groups attached to an aromatic ring is 1. The Kier molecular flexibility index (Phi) is 2.51. The molecular formula is C11H12BrN5. The van der Waals surface area contributed by atoms with E-state index < -0.39 is 0 Å². The molecule has 2 N–H and O–H groups in total. The Balaban J connectivity index is 1.91. The molecule has 1 aliphatic rings. The monoisotopic (exact) mass is 293 g/mol. The number of nitrogens with zero attached hydrogens (tertiary/aromatic N) is 4. The van der Waals surface area contributed by atoms with Crippen LogP contribution in [-0.4, -0.2) is 21.1 Å². The second-order valence-electron chi connectivity index (χ2n) is 4.03. The first-order chi connectivity index (χ1) is 8.24. The van der Waals surface area contributed by atoms with Crippen LogP contribution in [0.3, 0.4) is 0 Å². The van der Waals surface area contributed by atoms with Crippen LogP contribution in [0.1, 0.15) is 5.82 Å². The zero-order valence-corrected chi connectivity index (χ0v) is 10.8. The fourth-order valence-corrected chi connectivity index (χ4v) is 2.65. The molecule has 0 bridgehead atoms. The number of hydrogen-bond donors (Lipinski definition) is 1. The van der Waals surface area contributed by atoms with Crippen molar-refractivity contribution in [1.29, 1.82) is 0 Å². The van der Waals surface area contributed by atoms with E-state index in [1.807, 2.05) is 18.5 Å². The fraction of sp³-hybridized carbons (Fsp3) is 0.273. The number of fused-ring (bicyclic) bond motifs is 1. The summed E-state index contributed by atoms with van der Waals surface area (Å²) in [7, 11) is 0. The summed E-state index contributed by atoms with van der Waals surface area (Å²) in [4.78, 5) is 10.9.